The molecule has 106 valence electrons. The predicted molar refractivity (Wildman–Crippen MR) is 70.1 cm³/mol. The van der Waals surface area contributed by atoms with E-state index in [0.29, 0.717) is 6.54 Å². The molecule has 1 atom stereocenters. The number of primary amides is 1. The molecule has 1 saturated heterocycles. The summed E-state index contributed by atoms with van der Waals surface area (Å²) in [4.78, 5) is 11.2. The van der Waals surface area contributed by atoms with Crippen LogP contribution in [0.15, 0.2) is 17.2 Å². The maximum atomic E-state index is 12.3. The number of carbonyl (C=O) groups is 1. The Kier molecular flexibility index (Phi) is 3.41. The lowest BCUT2D eigenvalue weighted by molar-refractivity contribution is 0.0992. The molecule has 19 heavy (non-hydrogen) atoms. The van der Waals surface area contributed by atoms with Crippen LogP contribution in [0.25, 0.3) is 0 Å². The Morgan fingerprint density at radius 2 is 2.26 bits per heavy atom. The summed E-state index contributed by atoms with van der Waals surface area (Å²) < 4.78 is 28.6. The predicted octanol–water partition coefficient (Wildman–Crippen LogP) is -0.846. The second-order valence-corrected chi connectivity index (χ2v) is 6.81. The van der Waals surface area contributed by atoms with Gasteiger partial charge in [0.25, 0.3) is 5.91 Å². The smallest absolute Gasteiger partial charge is 0.265 e. The zero-order valence-corrected chi connectivity index (χ0v) is 11.8. The van der Waals surface area contributed by atoms with E-state index in [9.17, 15) is 13.2 Å². The summed E-state index contributed by atoms with van der Waals surface area (Å²) in [5.74, 6) is -0.655. The Morgan fingerprint density at radius 3 is 2.74 bits per heavy atom. The highest BCUT2D eigenvalue weighted by molar-refractivity contribution is 7.89. The van der Waals surface area contributed by atoms with Crippen molar-refractivity contribution in [3.05, 3.63) is 18.0 Å². The second-order valence-electron chi connectivity index (χ2n) is 5.13. The van der Waals surface area contributed by atoms with Crippen LogP contribution in [-0.4, -0.2) is 37.5 Å². The first-order valence-corrected chi connectivity index (χ1v) is 7.43. The minimum atomic E-state index is -3.66. The van der Waals surface area contributed by atoms with Crippen LogP contribution in [0.2, 0.25) is 0 Å². The van der Waals surface area contributed by atoms with Crippen molar-refractivity contribution >= 4 is 15.9 Å². The molecule has 0 bridgehead atoms. The van der Waals surface area contributed by atoms with E-state index < -0.39 is 21.5 Å². The fourth-order valence-corrected chi connectivity index (χ4v) is 3.72. The van der Waals surface area contributed by atoms with Gasteiger partial charge in [0.1, 0.15) is 10.6 Å². The number of hydrogen-bond acceptors (Lipinski definition) is 4. The van der Waals surface area contributed by atoms with E-state index in [2.05, 4.69) is 10.0 Å². The van der Waals surface area contributed by atoms with Gasteiger partial charge in [-0.1, -0.05) is 0 Å². The monoisotopic (exact) mass is 286 g/mol. The topological polar surface area (TPSA) is 106 Å². The maximum absolute atomic E-state index is 12.3. The van der Waals surface area contributed by atoms with Gasteiger partial charge in [0.15, 0.2) is 0 Å². The minimum Gasteiger partial charge on any atom is -0.364 e. The van der Waals surface area contributed by atoms with Crippen LogP contribution in [0.4, 0.5) is 0 Å². The van der Waals surface area contributed by atoms with Gasteiger partial charge in [0.2, 0.25) is 10.0 Å². The quantitative estimate of drug-likeness (QED) is 0.670. The molecule has 0 aromatic carbocycles. The van der Waals surface area contributed by atoms with Crippen molar-refractivity contribution < 1.29 is 13.2 Å². The van der Waals surface area contributed by atoms with Crippen LogP contribution >= 0.6 is 0 Å². The fourth-order valence-electron chi connectivity index (χ4n) is 2.21. The van der Waals surface area contributed by atoms with Gasteiger partial charge in [-0.3, -0.25) is 4.79 Å². The van der Waals surface area contributed by atoms with Crippen molar-refractivity contribution in [1.82, 2.24) is 14.6 Å². The maximum Gasteiger partial charge on any atom is 0.265 e. The molecule has 2 rings (SSSR count). The normalized spacial score (nSPS) is 23.7. The standard InChI is InChI=1S/C11H18N4O3S/c1-11(3-4-13-7-11)14-19(17,18)8-5-9(10(12)16)15(2)6-8/h5-6,13-14H,3-4,7H2,1-2H3,(H2,12,16). The molecule has 0 spiro atoms. The van der Waals surface area contributed by atoms with E-state index in [4.69, 9.17) is 5.73 Å². The lowest BCUT2D eigenvalue weighted by Crippen LogP contribution is -2.47. The third-order valence-electron chi connectivity index (χ3n) is 3.29. The molecule has 7 nitrogen and oxygen atoms in total. The second kappa shape index (κ2) is 4.62. The van der Waals surface area contributed by atoms with Gasteiger partial charge in [-0.15, -0.1) is 0 Å². The highest BCUT2D eigenvalue weighted by Crippen LogP contribution is 2.19. The Labute approximate surface area is 112 Å². The summed E-state index contributed by atoms with van der Waals surface area (Å²) in [7, 11) is -2.07. The first-order valence-electron chi connectivity index (χ1n) is 5.94. The number of nitrogens with one attached hydrogen (secondary N) is 2. The van der Waals surface area contributed by atoms with Gasteiger partial charge in [-0.2, -0.15) is 0 Å². The summed E-state index contributed by atoms with van der Waals surface area (Å²) >= 11 is 0. The minimum absolute atomic E-state index is 0.0527. The largest absolute Gasteiger partial charge is 0.364 e. The third-order valence-corrected chi connectivity index (χ3v) is 4.90. The number of aryl methyl sites for hydroxylation is 1. The summed E-state index contributed by atoms with van der Waals surface area (Å²) in [5, 5.41) is 3.12. The Bertz CT molecular complexity index is 599. The molecule has 1 amide bonds. The molecule has 8 heteroatoms. The van der Waals surface area contributed by atoms with Crippen molar-refractivity contribution in [2.45, 2.75) is 23.8 Å². The molecule has 4 N–H and O–H groups in total. The first-order chi connectivity index (χ1) is 8.73. The summed E-state index contributed by atoms with van der Waals surface area (Å²) in [6, 6.07) is 1.29. The van der Waals surface area contributed by atoms with E-state index >= 15 is 0 Å². The first kappa shape index (κ1) is 14.0. The number of amides is 1. The average molecular weight is 286 g/mol. The van der Waals surface area contributed by atoms with Crippen molar-refractivity contribution in [3.8, 4) is 0 Å². The van der Waals surface area contributed by atoms with Gasteiger partial charge in [0, 0.05) is 25.3 Å². The molecular weight excluding hydrogens is 268 g/mol. The lowest BCUT2D eigenvalue weighted by atomic mass is 10.0. The zero-order valence-electron chi connectivity index (χ0n) is 10.9. The number of aromatic nitrogens is 1. The van der Waals surface area contributed by atoms with Crippen molar-refractivity contribution in [1.29, 1.82) is 0 Å². The van der Waals surface area contributed by atoms with Crippen LogP contribution in [0.3, 0.4) is 0 Å². The van der Waals surface area contributed by atoms with Crippen molar-refractivity contribution in [2.24, 2.45) is 12.8 Å². The number of carbonyl (C=O) groups excluding carboxylic acids is 1. The molecule has 1 aliphatic heterocycles. The Balaban J connectivity index is 2.29. The summed E-state index contributed by atoms with van der Waals surface area (Å²) in [6.45, 7) is 3.21. The number of hydrogen-bond donors (Lipinski definition) is 3. The highest BCUT2D eigenvalue weighted by Gasteiger charge is 2.34. The Morgan fingerprint density at radius 1 is 1.58 bits per heavy atom. The van der Waals surface area contributed by atoms with Gasteiger partial charge in [-0.05, 0) is 26.0 Å². The molecule has 0 radical (unpaired) electrons. The third kappa shape index (κ3) is 2.80. The number of nitrogens with two attached hydrogens (primary N) is 1. The lowest BCUT2D eigenvalue weighted by Gasteiger charge is -2.23. The zero-order chi connectivity index (χ0) is 14.3. The van der Waals surface area contributed by atoms with E-state index in [1.54, 1.807) is 7.05 Å². The van der Waals surface area contributed by atoms with E-state index in [1.165, 1.54) is 16.8 Å². The molecule has 0 aliphatic carbocycles. The molecule has 2 heterocycles. The highest BCUT2D eigenvalue weighted by atomic mass is 32.2. The van der Waals surface area contributed by atoms with Crippen molar-refractivity contribution in [3.63, 3.8) is 0 Å². The molecule has 1 aromatic heterocycles. The van der Waals surface area contributed by atoms with E-state index in [1.807, 2.05) is 6.92 Å². The van der Waals surface area contributed by atoms with Gasteiger partial charge >= 0.3 is 0 Å². The van der Waals surface area contributed by atoms with Crippen molar-refractivity contribution in [2.75, 3.05) is 13.1 Å². The van der Waals surface area contributed by atoms with Gasteiger partial charge in [0.05, 0.1) is 0 Å². The van der Waals surface area contributed by atoms with E-state index in [0.717, 1.165) is 13.0 Å². The molecule has 1 fully saturated rings. The van der Waals surface area contributed by atoms with Crippen LogP contribution in [0.5, 0.6) is 0 Å². The summed E-state index contributed by atoms with van der Waals surface area (Å²) in [5.41, 5.74) is 4.84. The van der Waals surface area contributed by atoms with Crippen LogP contribution in [-0.2, 0) is 17.1 Å². The number of nitrogens with zero attached hydrogens (tertiary/aromatic N) is 1. The molecule has 1 aliphatic rings. The molecule has 0 saturated carbocycles. The molecule has 1 aromatic rings. The van der Waals surface area contributed by atoms with Crippen LogP contribution in [0, 0.1) is 0 Å². The van der Waals surface area contributed by atoms with Gasteiger partial charge < -0.3 is 15.6 Å². The van der Waals surface area contributed by atoms with Crippen LogP contribution < -0.4 is 15.8 Å². The van der Waals surface area contributed by atoms with Crippen LogP contribution in [0.1, 0.15) is 23.8 Å². The summed E-state index contributed by atoms with van der Waals surface area (Å²) in [6.07, 6.45) is 2.11. The van der Waals surface area contributed by atoms with Gasteiger partial charge in [-0.25, -0.2) is 13.1 Å². The Hall–Kier alpha value is -1.38. The fraction of sp³-hybridized carbons (Fsp3) is 0.545. The number of sulfonamides is 1. The molecule has 1 unspecified atom stereocenters. The molecular formula is C11H18N4O3S. The number of rotatable bonds is 4. The SMILES string of the molecule is Cn1cc(S(=O)(=O)NC2(C)CCNC2)cc1C(N)=O. The van der Waals surface area contributed by atoms with E-state index in [-0.39, 0.29) is 10.6 Å². The average Bonchev–Trinajstić information content (AvgIpc) is 2.84.